The van der Waals surface area contributed by atoms with Crippen LogP contribution in [0.4, 0.5) is 0 Å². The van der Waals surface area contributed by atoms with Gasteiger partial charge in [-0.25, -0.2) is 0 Å². The first-order valence-electron chi connectivity index (χ1n) is 6.95. The van der Waals surface area contributed by atoms with Crippen LogP contribution in [-0.2, 0) is 4.79 Å². The molecule has 0 aliphatic carbocycles. The lowest BCUT2D eigenvalue weighted by molar-refractivity contribution is -0.145. The second-order valence-corrected chi connectivity index (χ2v) is 5.27. The summed E-state index contributed by atoms with van der Waals surface area (Å²) in [5.41, 5.74) is -0.829. The Labute approximate surface area is 110 Å². The quantitative estimate of drug-likeness (QED) is 0.694. The average molecular weight is 257 g/mol. The van der Waals surface area contributed by atoms with E-state index < -0.39 is 11.5 Å². The van der Waals surface area contributed by atoms with Crippen molar-refractivity contribution in [3.63, 3.8) is 0 Å². The summed E-state index contributed by atoms with van der Waals surface area (Å²) in [6.07, 6.45) is 0.951. The van der Waals surface area contributed by atoms with Gasteiger partial charge in [0.15, 0.2) is 0 Å². The van der Waals surface area contributed by atoms with E-state index in [1.54, 1.807) is 6.92 Å². The molecule has 0 radical (unpaired) electrons. The number of nitrogens with zero attached hydrogens (tertiary/aromatic N) is 2. The van der Waals surface area contributed by atoms with Crippen molar-refractivity contribution in [1.82, 2.24) is 15.1 Å². The summed E-state index contributed by atoms with van der Waals surface area (Å²) in [4.78, 5) is 16.1. The van der Waals surface area contributed by atoms with Crippen LogP contribution < -0.4 is 5.32 Å². The fraction of sp³-hybridized carbons (Fsp3) is 0.923. The van der Waals surface area contributed by atoms with E-state index in [1.165, 1.54) is 0 Å². The number of nitrogens with one attached hydrogen (secondary N) is 1. The highest BCUT2D eigenvalue weighted by molar-refractivity contribution is 5.78. The number of hydrogen-bond donors (Lipinski definition) is 2. The average Bonchev–Trinajstić information content (AvgIpc) is 2.37. The molecule has 1 unspecified atom stereocenters. The van der Waals surface area contributed by atoms with E-state index in [1.807, 2.05) is 0 Å². The maximum absolute atomic E-state index is 11.4. The second kappa shape index (κ2) is 7.07. The number of likely N-dealkylation sites (N-methyl/N-ethyl adjacent to an activating group) is 1. The van der Waals surface area contributed by atoms with Gasteiger partial charge in [-0.1, -0.05) is 13.8 Å². The molecule has 0 aromatic carbocycles. The predicted octanol–water partition coefficient (Wildman–Crippen LogP) is 0.467. The van der Waals surface area contributed by atoms with Crippen LogP contribution in [0.1, 0.15) is 27.2 Å². The monoisotopic (exact) mass is 257 g/mol. The van der Waals surface area contributed by atoms with E-state index in [-0.39, 0.29) is 0 Å². The summed E-state index contributed by atoms with van der Waals surface area (Å²) in [7, 11) is 0. The smallest absolute Gasteiger partial charge is 0.324 e. The molecule has 1 aliphatic heterocycles. The van der Waals surface area contributed by atoms with Crippen molar-refractivity contribution in [3.8, 4) is 0 Å². The molecule has 5 nitrogen and oxygen atoms in total. The summed E-state index contributed by atoms with van der Waals surface area (Å²) < 4.78 is 0. The lowest BCUT2D eigenvalue weighted by Gasteiger charge is -2.38. The molecule has 1 saturated heterocycles. The van der Waals surface area contributed by atoms with Crippen LogP contribution in [0.2, 0.25) is 0 Å². The number of carboxylic acids is 1. The Kier molecular flexibility index (Phi) is 6.05. The van der Waals surface area contributed by atoms with E-state index in [4.69, 9.17) is 0 Å². The van der Waals surface area contributed by atoms with Crippen molar-refractivity contribution in [1.29, 1.82) is 0 Å². The molecule has 0 spiro atoms. The number of piperazine rings is 1. The number of rotatable bonds is 7. The summed E-state index contributed by atoms with van der Waals surface area (Å²) in [5, 5.41) is 12.6. The highest BCUT2D eigenvalue weighted by Crippen LogP contribution is 2.10. The zero-order valence-corrected chi connectivity index (χ0v) is 11.9. The Morgan fingerprint density at radius 3 is 2.22 bits per heavy atom. The molecule has 18 heavy (non-hydrogen) atoms. The van der Waals surface area contributed by atoms with Gasteiger partial charge in [0.05, 0.1) is 0 Å². The maximum Gasteiger partial charge on any atom is 0.324 e. The minimum absolute atomic E-state index is 0.583. The largest absolute Gasteiger partial charge is 0.480 e. The third-order valence-electron chi connectivity index (χ3n) is 3.69. The molecule has 0 aromatic rings. The normalized spacial score (nSPS) is 21.7. The van der Waals surface area contributed by atoms with E-state index in [0.717, 1.165) is 45.7 Å². The van der Waals surface area contributed by atoms with E-state index >= 15 is 0 Å². The highest BCUT2D eigenvalue weighted by atomic mass is 16.4. The summed E-state index contributed by atoms with van der Waals surface area (Å²) >= 11 is 0. The molecular weight excluding hydrogens is 230 g/mol. The molecule has 0 saturated carbocycles. The van der Waals surface area contributed by atoms with Crippen molar-refractivity contribution < 1.29 is 9.90 Å². The van der Waals surface area contributed by atoms with Crippen molar-refractivity contribution in [3.05, 3.63) is 0 Å². The van der Waals surface area contributed by atoms with Crippen molar-refractivity contribution in [2.24, 2.45) is 0 Å². The molecule has 5 heteroatoms. The van der Waals surface area contributed by atoms with Crippen LogP contribution >= 0.6 is 0 Å². The molecule has 1 heterocycles. The van der Waals surface area contributed by atoms with Crippen molar-refractivity contribution in [2.75, 3.05) is 45.8 Å². The van der Waals surface area contributed by atoms with Gasteiger partial charge in [0.1, 0.15) is 5.54 Å². The predicted molar refractivity (Wildman–Crippen MR) is 72.9 cm³/mol. The zero-order chi connectivity index (χ0) is 13.6. The lowest BCUT2D eigenvalue weighted by atomic mass is 10.0. The Hall–Kier alpha value is -0.650. The Morgan fingerprint density at radius 2 is 1.78 bits per heavy atom. The van der Waals surface area contributed by atoms with Crippen LogP contribution in [0.3, 0.4) is 0 Å². The molecule has 1 rings (SSSR count). The minimum Gasteiger partial charge on any atom is -0.480 e. The molecule has 1 atom stereocenters. The van der Waals surface area contributed by atoms with Gasteiger partial charge in [-0.2, -0.15) is 0 Å². The van der Waals surface area contributed by atoms with Crippen LogP contribution in [0.5, 0.6) is 0 Å². The molecule has 0 bridgehead atoms. The zero-order valence-electron chi connectivity index (χ0n) is 11.9. The lowest BCUT2D eigenvalue weighted by Crippen LogP contribution is -2.59. The first-order valence-corrected chi connectivity index (χ1v) is 6.95. The Balaban J connectivity index is 2.49. The van der Waals surface area contributed by atoms with Gasteiger partial charge in [0, 0.05) is 32.7 Å². The number of carboxylic acid groups (broad SMARTS) is 1. The van der Waals surface area contributed by atoms with E-state index in [9.17, 15) is 9.90 Å². The van der Waals surface area contributed by atoms with Gasteiger partial charge in [-0.15, -0.1) is 0 Å². The maximum atomic E-state index is 11.4. The van der Waals surface area contributed by atoms with Crippen molar-refractivity contribution in [2.45, 2.75) is 32.7 Å². The van der Waals surface area contributed by atoms with Crippen LogP contribution in [-0.4, -0.2) is 72.2 Å². The van der Waals surface area contributed by atoms with Crippen LogP contribution in [0.25, 0.3) is 0 Å². The third-order valence-corrected chi connectivity index (χ3v) is 3.69. The first kappa shape index (κ1) is 15.4. The number of hydrogen-bond acceptors (Lipinski definition) is 4. The standard InChI is InChI=1S/C13H27N3O2/c1-4-6-14-13(3,12(17)18)11-16-9-7-15(5-2)8-10-16/h14H,4-11H2,1-3H3,(H,17,18). The van der Waals surface area contributed by atoms with Gasteiger partial charge in [0.2, 0.25) is 0 Å². The topological polar surface area (TPSA) is 55.8 Å². The van der Waals surface area contributed by atoms with Crippen molar-refractivity contribution >= 4 is 5.97 Å². The second-order valence-electron chi connectivity index (χ2n) is 5.27. The highest BCUT2D eigenvalue weighted by Gasteiger charge is 2.35. The molecule has 2 N–H and O–H groups in total. The molecular formula is C13H27N3O2. The van der Waals surface area contributed by atoms with Gasteiger partial charge in [0.25, 0.3) is 0 Å². The van der Waals surface area contributed by atoms with Crippen LogP contribution in [0, 0.1) is 0 Å². The van der Waals surface area contributed by atoms with Gasteiger partial charge < -0.3 is 15.3 Å². The molecule has 0 aromatic heterocycles. The number of aliphatic carboxylic acids is 1. The van der Waals surface area contributed by atoms with E-state index in [0.29, 0.717) is 6.54 Å². The molecule has 106 valence electrons. The Morgan fingerprint density at radius 1 is 1.22 bits per heavy atom. The third kappa shape index (κ3) is 4.23. The van der Waals surface area contributed by atoms with Gasteiger partial charge in [-0.05, 0) is 26.4 Å². The number of carbonyl (C=O) groups is 1. The van der Waals surface area contributed by atoms with Crippen LogP contribution in [0.15, 0.2) is 0 Å². The summed E-state index contributed by atoms with van der Waals surface area (Å²) in [6, 6.07) is 0. The Bertz CT molecular complexity index is 265. The molecule has 1 aliphatic rings. The summed E-state index contributed by atoms with van der Waals surface area (Å²) in [6.45, 7) is 12.4. The molecule has 0 amide bonds. The molecule has 1 fully saturated rings. The van der Waals surface area contributed by atoms with Gasteiger partial charge in [-0.3, -0.25) is 9.69 Å². The first-order chi connectivity index (χ1) is 8.51. The van der Waals surface area contributed by atoms with Gasteiger partial charge >= 0.3 is 5.97 Å². The SMILES string of the molecule is CCCNC(C)(CN1CCN(CC)CC1)C(=O)O. The fourth-order valence-electron chi connectivity index (χ4n) is 2.31. The fourth-order valence-corrected chi connectivity index (χ4v) is 2.31. The minimum atomic E-state index is -0.829. The van der Waals surface area contributed by atoms with E-state index in [2.05, 4.69) is 29.0 Å². The summed E-state index contributed by atoms with van der Waals surface area (Å²) in [5.74, 6) is -0.756.